The molecule has 0 bridgehead atoms. The predicted molar refractivity (Wildman–Crippen MR) is 76.1 cm³/mol. The number of nitro groups is 1. The Morgan fingerprint density at radius 2 is 2.10 bits per heavy atom. The van der Waals surface area contributed by atoms with Crippen molar-refractivity contribution < 1.29 is 18.4 Å². The highest BCUT2D eigenvalue weighted by Crippen LogP contribution is 2.31. The van der Waals surface area contributed by atoms with Gasteiger partial charge in [0.1, 0.15) is 4.90 Å². The molecule has 2 rings (SSSR count). The van der Waals surface area contributed by atoms with E-state index in [1.54, 1.807) is 0 Å². The second-order valence-electron chi connectivity index (χ2n) is 5.26. The van der Waals surface area contributed by atoms with Gasteiger partial charge in [-0.3, -0.25) is 10.1 Å². The number of non-ortho nitro benzene ring substituents is 1. The highest BCUT2D eigenvalue weighted by atomic mass is 32.2. The van der Waals surface area contributed by atoms with Crippen molar-refractivity contribution in [1.29, 1.82) is 0 Å². The minimum atomic E-state index is -3.80. The quantitative estimate of drug-likeness (QED) is 0.464. The van der Waals surface area contributed by atoms with E-state index in [9.17, 15) is 23.6 Å². The molecule has 0 aromatic heterocycles. The van der Waals surface area contributed by atoms with E-state index in [0.717, 1.165) is 18.2 Å². The van der Waals surface area contributed by atoms with E-state index in [1.807, 2.05) is 0 Å². The molecule has 8 nitrogen and oxygen atoms in total. The summed E-state index contributed by atoms with van der Waals surface area (Å²) in [6.45, 7) is 0.288. The maximum absolute atomic E-state index is 12.4. The van der Waals surface area contributed by atoms with Gasteiger partial charge in [-0.25, -0.2) is 12.7 Å². The van der Waals surface area contributed by atoms with Gasteiger partial charge in [0.25, 0.3) is 5.69 Å². The van der Waals surface area contributed by atoms with Gasteiger partial charge in [0.15, 0.2) is 0 Å². The fraction of sp³-hybridized carbons (Fsp3) is 0.500. The third kappa shape index (κ3) is 3.14. The number of nitrogens with zero attached hydrogens (tertiary/aromatic N) is 2. The Hall–Kier alpha value is -1.71. The average molecular weight is 315 g/mol. The Kier molecular flexibility index (Phi) is 4.17. The first-order valence-corrected chi connectivity index (χ1v) is 7.84. The van der Waals surface area contributed by atoms with Gasteiger partial charge in [-0.1, -0.05) is 0 Å². The molecule has 1 fully saturated rings. The molecule has 0 saturated heterocycles. The number of anilines is 1. The maximum Gasteiger partial charge on any atom is 0.271 e. The summed E-state index contributed by atoms with van der Waals surface area (Å²) in [6, 6.07) is 3.30. The van der Waals surface area contributed by atoms with Crippen molar-refractivity contribution in [3.63, 3.8) is 0 Å². The van der Waals surface area contributed by atoms with Crippen molar-refractivity contribution in [2.45, 2.75) is 23.8 Å². The first-order chi connectivity index (χ1) is 9.71. The Labute approximate surface area is 122 Å². The van der Waals surface area contributed by atoms with E-state index in [4.69, 9.17) is 5.73 Å². The molecule has 116 valence electrons. The number of nitrogen functional groups attached to an aromatic ring is 1. The Balaban J connectivity index is 2.20. The fourth-order valence-corrected chi connectivity index (χ4v) is 3.70. The number of rotatable bonds is 5. The van der Waals surface area contributed by atoms with Crippen molar-refractivity contribution in [3.8, 4) is 0 Å². The molecule has 9 heteroatoms. The molecule has 0 spiro atoms. The minimum absolute atomic E-state index is 0.124. The molecule has 1 aliphatic rings. The zero-order valence-corrected chi connectivity index (χ0v) is 12.3. The summed E-state index contributed by atoms with van der Waals surface area (Å²) in [4.78, 5) is 9.86. The lowest BCUT2D eigenvalue weighted by Gasteiger charge is -2.34. The number of nitrogens with two attached hydrogens (primary N) is 1. The number of sulfonamides is 1. The summed E-state index contributed by atoms with van der Waals surface area (Å²) in [7, 11) is -2.37. The molecule has 0 atom stereocenters. The third-order valence-corrected chi connectivity index (χ3v) is 5.52. The van der Waals surface area contributed by atoms with Crippen LogP contribution >= 0.6 is 0 Å². The smallest absolute Gasteiger partial charge is 0.271 e. The fourth-order valence-electron chi connectivity index (χ4n) is 2.36. The molecule has 0 amide bonds. The highest BCUT2D eigenvalue weighted by Gasteiger charge is 2.32. The molecule has 1 aromatic rings. The van der Waals surface area contributed by atoms with Gasteiger partial charge in [-0.05, 0) is 24.8 Å². The van der Waals surface area contributed by atoms with E-state index in [-0.39, 0.29) is 34.8 Å². The van der Waals surface area contributed by atoms with Crippen LogP contribution in [0.2, 0.25) is 0 Å². The van der Waals surface area contributed by atoms with E-state index < -0.39 is 14.9 Å². The lowest BCUT2D eigenvalue weighted by atomic mass is 9.82. The normalized spacial score (nSPS) is 22.0. The number of benzene rings is 1. The molecule has 0 heterocycles. The Morgan fingerprint density at radius 3 is 2.57 bits per heavy atom. The molecule has 1 aliphatic carbocycles. The van der Waals surface area contributed by atoms with Crippen LogP contribution in [0.25, 0.3) is 0 Å². The predicted octanol–water partition coefficient (Wildman–Crippen LogP) is 0.568. The van der Waals surface area contributed by atoms with Crippen LogP contribution in [0.5, 0.6) is 0 Å². The van der Waals surface area contributed by atoms with Crippen molar-refractivity contribution in [2.75, 3.05) is 19.3 Å². The largest absolute Gasteiger partial charge is 0.397 e. The van der Waals surface area contributed by atoms with Crippen LogP contribution in [0.4, 0.5) is 11.4 Å². The summed E-state index contributed by atoms with van der Waals surface area (Å²) in [5.41, 5.74) is 5.23. The number of hydrogen-bond acceptors (Lipinski definition) is 6. The lowest BCUT2D eigenvalue weighted by molar-refractivity contribution is -0.384. The minimum Gasteiger partial charge on any atom is -0.397 e. The zero-order chi connectivity index (χ0) is 15.8. The van der Waals surface area contributed by atoms with E-state index in [2.05, 4.69) is 0 Å². The molecule has 0 unspecified atom stereocenters. The monoisotopic (exact) mass is 315 g/mol. The SMILES string of the molecule is CN(CC1CC(O)C1)S(=O)(=O)c1ccc([N+](=O)[O-])cc1N. The maximum atomic E-state index is 12.4. The van der Waals surface area contributed by atoms with Crippen LogP contribution in [0, 0.1) is 16.0 Å². The molecular weight excluding hydrogens is 298 g/mol. The Bertz CT molecular complexity index is 655. The highest BCUT2D eigenvalue weighted by molar-refractivity contribution is 7.89. The summed E-state index contributed by atoms with van der Waals surface area (Å²) < 4.78 is 26.0. The summed E-state index contributed by atoms with van der Waals surface area (Å²) >= 11 is 0. The molecule has 1 saturated carbocycles. The summed E-state index contributed by atoms with van der Waals surface area (Å²) in [6.07, 6.45) is 0.807. The van der Waals surface area contributed by atoms with Crippen LogP contribution in [-0.4, -0.2) is 42.4 Å². The standard InChI is InChI=1S/C12H17N3O5S/c1-14(7-8-4-10(16)5-8)21(19,20)12-3-2-9(15(17)18)6-11(12)13/h2-3,6,8,10,16H,4-5,7,13H2,1H3. The van der Waals surface area contributed by atoms with Crippen LogP contribution in [0.1, 0.15) is 12.8 Å². The van der Waals surface area contributed by atoms with Crippen LogP contribution in [-0.2, 0) is 10.0 Å². The van der Waals surface area contributed by atoms with Crippen LogP contribution in [0.3, 0.4) is 0 Å². The van der Waals surface area contributed by atoms with Crippen molar-refractivity contribution in [1.82, 2.24) is 4.31 Å². The first-order valence-electron chi connectivity index (χ1n) is 6.40. The van der Waals surface area contributed by atoms with Crippen molar-refractivity contribution in [3.05, 3.63) is 28.3 Å². The molecular formula is C12H17N3O5S. The van der Waals surface area contributed by atoms with Gasteiger partial charge in [0.2, 0.25) is 10.0 Å². The van der Waals surface area contributed by atoms with Crippen molar-refractivity contribution in [2.24, 2.45) is 5.92 Å². The number of hydrogen-bond donors (Lipinski definition) is 2. The first kappa shape index (κ1) is 15.7. The second kappa shape index (κ2) is 5.58. The number of aliphatic hydroxyl groups is 1. The van der Waals surface area contributed by atoms with Gasteiger partial charge in [-0.2, -0.15) is 0 Å². The molecule has 0 aliphatic heterocycles. The van der Waals surface area contributed by atoms with Gasteiger partial charge in [0.05, 0.1) is 16.7 Å². The second-order valence-corrected chi connectivity index (χ2v) is 7.27. The zero-order valence-electron chi connectivity index (χ0n) is 11.5. The van der Waals surface area contributed by atoms with Crippen LogP contribution in [0.15, 0.2) is 23.1 Å². The molecule has 0 radical (unpaired) electrons. The molecule has 1 aromatic carbocycles. The lowest BCUT2D eigenvalue weighted by Crippen LogP contribution is -2.39. The van der Waals surface area contributed by atoms with Gasteiger partial charge in [0, 0.05) is 25.7 Å². The van der Waals surface area contributed by atoms with E-state index in [0.29, 0.717) is 12.8 Å². The summed E-state index contributed by atoms with van der Waals surface area (Å²) in [5.74, 6) is 0.124. The van der Waals surface area contributed by atoms with E-state index in [1.165, 1.54) is 11.4 Å². The number of aliphatic hydroxyl groups excluding tert-OH is 1. The van der Waals surface area contributed by atoms with Gasteiger partial charge in [-0.15, -0.1) is 0 Å². The van der Waals surface area contributed by atoms with Crippen LogP contribution < -0.4 is 5.73 Å². The van der Waals surface area contributed by atoms with Gasteiger partial charge >= 0.3 is 0 Å². The topological polar surface area (TPSA) is 127 Å². The molecule has 21 heavy (non-hydrogen) atoms. The van der Waals surface area contributed by atoms with Crippen molar-refractivity contribution >= 4 is 21.4 Å². The Morgan fingerprint density at radius 1 is 1.48 bits per heavy atom. The van der Waals surface area contributed by atoms with E-state index >= 15 is 0 Å². The number of nitro benzene ring substituents is 1. The molecule has 3 N–H and O–H groups in total. The summed E-state index contributed by atoms with van der Waals surface area (Å²) in [5, 5.41) is 19.9. The van der Waals surface area contributed by atoms with Gasteiger partial charge < -0.3 is 10.8 Å². The third-order valence-electron chi connectivity index (χ3n) is 3.62. The average Bonchev–Trinajstić information content (AvgIpc) is 2.36.